The fourth-order valence-electron chi connectivity index (χ4n) is 4.23. The van der Waals surface area contributed by atoms with Crippen LogP contribution in [0.2, 0.25) is 0 Å². The van der Waals surface area contributed by atoms with Crippen molar-refractivity contribution in [3.8, 4) is 5.75 Å². The number of ether oxygens (including phenoxy) is 1. The van der Waals surface area contributed by atoms with Gasteiger partial charge in [0, 0.05) is 51.9 Å². The predicted octanol–water partition coefficient (Wildman–Crippen LogP) is 1.25. The largest absolute Gasteiger partial charge is 0.496 e. The summed E-state index contributed by atoms with van der Waals surface area (Å²) >= 11 is 0. The lowest BCUT2D eigenvalue weighted by Gasteiger charge is -2.39. The molecule has 2 aliphatic heterocycles. The number of piperazine rings is 2. The Bertz CT molecular complexity index is 729. The summed E-state index contributed by atoms with van der Waals surface area (Å²) in [5, 5.41) is 2.93. The van der Waals surface area contributed by atoms with Gasteiger partial charge in [0.1, 0.15) is 5.75 Å². The zero-order valence-electron chi connectivity index (χ0n) is 18.1. The summed E-state index contributed by atoms with van der Waals surface area (Å²) in [6.45, 7) is 11.7. The van der Waals surface area contributed by atoms with E-state index in [0.29, 0.717) is 19.1 Å². The Balaban J connectivity index is 1.63. The summed E-state index contributed by atoms with van der Waals surface area (Å²) < 4.78 is 5.34. The molecule has 7 nitrogen and oxygen atoms in total. The standard InChI is InChI=1S/C22H34N4O3/c1-16(2)24-9-11-25(12-10-24)21(27)14-19-22(28)23-7-8-26(19)15-18-5-6-20(29-4)17(3)13-18/h5-6,13,16,19H,7-12,14-15H2,1-4H3,(H,23,28)/t19-/m0/s1. The van der Waals surface area contributed by atoms with Gasteiger partial charge in [-0.15, -0.1) is 0 Å². The number of hydrogen-bond donors (Lipinski definition) is 1. The van der Waals surface area contributed by atoms with Crippen LogP contribution < -0.4 is 10.1 Å². The van der Waals surface area contributed by atoms with Gasteiger partial charge < -0.3 is 15.0 Å². The monoisotopic (exact) mass is 402 g/mol. The Kier molecular flexibility index (Phi) is 7.14. The molecule has 3 rings (SSSR count). The molecule has 0 bridgehead atoms. The number of rotatable bonds is 6. The molecular weight excluding hydrogens is 368 g/mol. The van der Waals surface area contributed by atoms with E-state index >= 15 is 0 Å². The van der Waals surface area contributed by atoms with E-state index in [4.69, 9.17) is 4.74 Å². The lowest BCUT2D eigenvalue weighted by Crippen LogP contribution is -2.57. The summed E-state index contributed by atoms with van der Waals surface area (Å²) in [6, 6.07) is 6.17. The van der Waals surface area contributed by atoms with Crippen LogP contribution >= 0.6 is 0 Å². The van der Waals surface area contributed by atoms with E-state index in [0.717, 1.165) is 49.6 Å². The number of nitrogens with zero attached hydrogens (tertiary/aromatic N) is 3. The number of nitrogens with one attached hydrogen (secondary N) is 1. The first-order chi connectivity index (χ1) is 13.9. The van der Waals surface area contributed by atoms with E-state index in [9.17, 15) is 9.59 Å². The summed E-state index contributed by atoms with van der Waals surface area (Å²) in [5.41, 5.74) is 2.20. The topological polar surface area (TPSA) is 65.1 Å². The van der Waals surface area contributed by atoms with Gasteiger partial charge in [0.15, 0.2) is 0 Å². The van der Waals surface area contributed by atoms with E-state index in [1.807, 2.05) is 24.0 Å². The Labute approximate surface area is 174 Å². The Hall–Kier alpha value is -2.12. The number of carbonyl (C=O) groups excluding carboxylic acids is 2. The maximum absolute atomic E-state index is 12.9. The van der Waals surface area contributed by atoms with E-state index in [-0.39, 0.29) is 18.2 Å². The lowest BCUT2D eigenvalue weighted by molar-refractivity contribution is -0.140. The van der Waals surface area contributed by atoms with Gasteiger partial charge in [-0.3, -0.25) is 19.4 Å². The average molecular weight is 403 g/mol. The molecule has 2 amide bonds. The fourth-order valence-corrected chi connectivity index (χ4v) is 4.23. The summed E-state index contributed by atoms with van der Waals surface area (Å²) in [5.74, 6) is 0.888. The molecule has 0 unspecified atom stereocenters. The molecule has 0 aliphatic carbocycles. The van der Waals surface area contributed by atoms with Gasteiger partial charge in [-0.05, 0) is 38.0 Å². The Morgan fingerprint density at radius 3 is 2.55 bits per heavy atom. The molecule has 1 N–H and O–H groups in total. The SMILES string of the molecule is COc1ccc(CN2CCNC(=O)[C@@H]2CC(=O)N2CCN(C(C)C)CC2)cc1C. The van der Waals surface area contributed by atoms with Crippen molar-refractivity contribution >= 4 is 11.8 Å². The van der Waals surface area contributed by atoms with Crippen molar-refractivity contribution in [2.75, 3.05) is 46.4 Å². The molecule has 29 heavy (non-hydrogen) atoms. The molecule has 1 atom stereocenters. The summed E-state index contributed by atoms with van der Waals surface area (Å²) in [4.78, 5) is 31.9. The van der Waals surface area contributed by atoms with Crippen molar-refractivity contribution in [1.82, 2.24) is 20.0 Å². The van der Waals surface area contributed by atoms with Crippen molar-refractivity contribution in [3.63, 3.8) is 0 Å². The van der Waals surface area contributed by atoms with Gasteiger partial charge in [-0.25, -0.2) is 0 Å². The molecule has 0 spiro atoms. The third-order valence-electron chi connectivity index (χ3n) is 6.05. The highest BCUT2D eigenvalue weighted by Gasteiger charge is 2.33. The molecule has 2 fully saturated rings. The van der Waals surface area contributed by atoms with Gasteiger partial charge in [0.25, 0.3) is 0 Å². The fraction of sp³-hybridized carbons (Fsp3) is 0.636. The molecule has 1 aromatic rings. The van der Waals surface area contributed by atoms with E-state index in [2.05, 4.69) is 35.0 Å². The van der Waals surface area contributed by atoms with Crippen molar-refractivity contribution < 1.29 is 14.3 Å². The van der Waals surface area contributed by atoms with Crippen molar-refractivity contribution in [3.05, 3.63) is 29.3 Å². The molecule has 1 aromatic carbocycles. The maximum atomic E-state index is 12.9. The number of amides is 2. The molecule has 160 valence electrons. The van der Waals surface area contributed by atoms with E-state index < -0.39 is 6.04 Å². The minimum atomic E-state index is -0.415. The molecule has 0 saturated carbocycles. The van der Waals surface area contributed by atoms with E-state index in [1.54, 1.807) is 7.11 Å². The van der Waals surface area contributed by atoms with Crippen LogP contribution in [-0.2, 0) is 16.1 Å². The molecular formula is C22H34N4O3. The van der Waals surface area contributed by atoms with Gasteiger partial charge >= 0.3 is 0 Å². The van der Waals surface area contributed by atoms with Crippen LogP contribution in [0.3, 0.4) is 0 Å². The first kappa shape index (κ1) is 21.6. The minimum Gasteiger partial charge on any atom is -0.496 e. The first-order valence-corrected chi connectivity index (χ1v) is 10.6. The van der Waals surface area contributed by atoms with Crippen LogP contribution in [0.25, 0.3) is 0 Å². The summed E-state index contributed by atoms with van der Waals surface area (Å²) in [7, 11) is 1.67. The zero-order chi connectivity index (χ0) is 21.0. The number of aryl methyl sites for hydroxylation is 1. The molecule has 0 aromatic heterocycles. The highest BCUT2D eigenvalue weighted by Crippen LogP contribution is 2.21. The van der Waals surface area contributed by atoms with Gasteiger partial charge in [0.05, 0.1) is 19.6 Å². The lowest BCUT2D eigenvalue weighted by atomic mass is 10.0. The number of hydrogen-bond acceptors (Lipinski definition) is 5. The van der Waals surface area contributed by atoms with Gasteiger partial charge in [-0.2, -0.15) is 0 Å². The van der Waals surface area contributed by atoms with Crippen LogP contribution in [-0.4, -0.2) is 85.0 Å². The minimum absolute atomic E-state index is 0.0457. The molecule has 2 saturated heterocycles. The molecule has 2 aliphatic rings. The highest BCUT2D eigenvalue weighted by atomic mass is 16.5. The number of methoxy groups -OCH3 is 1. The summed E-state index contributed by atoms with van der Waals surface area (Å²) in [6.07, 6.45) is 0.239. The third kappa shape index (κ3) is 5.28. The third-order valence-corrected chi connectivity index (χ3v) is 6.05. The molecule has 2 heterocycles. The maximum Gasteiger partial charge on any atom is 0.237 e. The Morgan fingerprint density at radius 2 is 1.93 bits per heavy atom. The quantitative estimate of drug-likeness (QED) is 0.776. The van der Waals surface area contributed by atoms with Crippen molar-refractivity contribution in [1.29, 1.82) is 0 Å². The smallest absolute Gasteiger partial charge is 0.237 e. The zero-order valence-corrected chi connectivity index (χ0v) is 18.1. The second-order valence-electron chi connectivity index (χ2n) is 8.30. The average Bonchev–Trinajstić information content (AvgIpc) is 2.70. The van der Waals surface area contributed by atoms with Crippen LogP contribution in [0, 0.1) is 6.92 Å². The number of benzene rings is 1. The van der Waals surface area contributed by atoms with E-state index in [1.165, 1.54) is 0 Å². The molecule has 0 radical (unpaired) electrons. The van der Waals surface area contributed by atoms with Crippen LogP contribution in [0.5, 0.6) is 5.75 Å². The second-order valence-corrected chi connectivity index (χ2v) is 8.30. The number of carbonyl (C=O) groups is 2. The molecule has 7 heteroatoms. The normalized spacial score (nSPS) is 21.3. The van der Waals surface area contributed by atoms with Crippen molar-refractivity contribution in [2.24, 2.45) is 0 Å². The van der Waals surface area contributed by atoms with Crippen LogP contribution in [0.15, 0.2) is 18.2 Å². The van der Waals surface area contributed by atoms with Gasteiger partial charge in [-0.1, -0.05) is 12.1 Å². The Morgan fingerprint density at radius 1 is 1.21 bits per heavy atom. The highest BCUT2D eigenvalue weighted by molar-refractivity contribution is 5.88. The predicted molar refractivity (Wildman–Crippen MR) is 113 cm³/mol. The van der Waals surface area contributed by atoms with Crippen molar-refractivity contribution in [2.45, 2.75) is 45.8 Å². The second kappa shape index (κ2) is 9.59. The van der Waals surface area contributed by atoms with Crippen LogP contribution in [0.4, 0.5) is 0 Å². The van der Waals surface area contributed by atoms with Crippen LogP contribution in [0.1, 0.15) is 31.4 Å². The van der Waals surface area contributed by atoms with Gasteiger partial charge in [0.2, 0.25) is 11.8 Å². The first-order valence-electron chi connectivity index (χ1n) is 10.6.